The molecule has 2 rings (SSSR count). The van der Waals surface area contributed by atoms with Crippen LogP contribution >= 0.6 is 0 Å². The van der Waals surface area contributed by atoms with Gasteiger partial charge < -0.3 is 5.11 Å². The van der Waals surface area contributed by atoms with Gasteiger partial charge in [0.25, 0.3) is 0 Å². The third-order valence-electron chi connectivity index (χ3n) is 2.87. The lowest BCUT2D eigenvalue weighted by atomic mass is 10.1. The van der Waals surface area contributed by atoms with Gasteiger partial charge in [0.2, 0.25) is 5.91 Å². The molecule has 4 nitrogen and oxygen atoms in total. The maximum Gasteiger partial charge on any atom is 0.326 e. The van der Waals surface area contributed by atoms with Crippen molar-refractivity contribution in [2.45, 2.75) is 25.8 Å². The minimum atomic E-state index is -0.936. The lowest BCUT2D eigenvalue weighted by Crippen LogP contribution is -2.38. The van der Waals surface area contributed by atoms with Gasteiger partial charge in [0.1, 0.15) is 6.04 Å². The monoisotopic (exact) mass is 219 g/mol. The molecule has 1 aliphatic heterocycles. The first-order chi connectivity index (χ1) is 7.61. The van der Waals surface area contributed by atoms with Crippen LogP contribution in [-0.4, -0.2) is 23.0 Å². The molecule has 1 aromatic carbocycles. The van der Waals surface area contributed by atoms with Crippen LogP contribution in [0.2, 0.25) is 0 Å². The number of aliphatic carboxylic acids is 1. The highest BCUT2D eigenvalue weighted by molar-refractivity contribution is 6.02. The van der Waals surface area contributed by atoms with E-state index in [2.05, 4.69) is 0 Å². The molecule has 84 valence electrons. The average molecular weight is 219 g/mol. The molecule has 4 heteroatoms. The lowest BCUT2D eigenvalue weighted by Gasteiger charge is -2.23. The van der Waals surface area contributed by atoms with Gasteiger partial charge in [-0.05, 0) is 25.0 Å². The first-order valence-electron chi connectivity index (χ1n) is 5.22. The summed E-state index contributed by atoms with van der Waals surface area (Å²) in [7, 11) is 0. The Bertz CT molecular complexity index is 442. The van der Waals surface area contributed by atoms with E-state index in [1.165, 1.54) is 4.90 Å². The molecule has 1 atom stereocenters. The number of carboxylic acid groups (broad SMARTS) is 1. The van der Waals surface area contributed by atoms with Crippen LogP contribution in [0.4, 0.5) is 5.69 Å². The summed E-state index contributed by atoms with van der Waals surface area (Å²) in [5.74, 6) is -1.05. The van der Waals surface area contributed by atoms with Crippen molar-refractivity contribution in [1.29, 1.82) is 0 Å². The molecule has 0 aliphatic carbocycles. The summed E-state index contributed by atoms with van der Waals surface area (Å²) in [4.78, 5) is 24.2. The standard InChI is InChI=1S/C12H13NO3/c1-8-4-2-3-5-9(8)13-10(12(15)16)6-7-11(13)14/h2-5,10H,6-7H2,1H3,(H,15,16). The van der Waals surface area contributed by atoms with E-state index in [0.29, 0.717) is 18.5 Å². The number of hydrogen-bond acceptors (Lipinski definition) is 2. The topological polar surface area (TPSA) is 57.6 Å². The average Bonchev–Trinajstić information content (AvgIpc) is 2.61. The van der Waals surface area contributed by atoms with Gasteiger partial charge >= 0.3 is 5.97 Å². The van der Waals surface area contributed by atoms with Crippen molar-refractivity contribution < 1.29 is 14.7 Å². The number of hydrogen-bond donors (Lipinski definition) is 1. The fraction of sp³-hybridized carbons (Fsp3) is 0.333. The second kappa shape index (κ2) is 3.96. The largest absolute Gasteiger partial charge is 0.480 e. The van der Waals surface area contributed by atoms with Crippen molar-refractivity contribution in [1.82, 2.24) is 0 Å². The molecule has 1 saturated heterocycles. The van der Waals surface area contributed by atoms with E-state index >= 15 is 0 Å². The van der Waals surface area contributed by atoms with Crippen LogP contribution in [-0.2, 0) is 9.59 Å². The van der Waals surface area contributed by atoms with Crippen molar-refractivity contribution in [3.63, 3.8) is 0 Å². The molecule has 0 radical (unpaired) electrons. The molecule has 0 saturated carbocycles. The number of carbonyl (C=O) groups is 2. The minimum absolute atomic E-state index is 0.110. The molecular formula is C12H13NO3. The predicted octanol–water partition coefficient (Wildman–Crippen LogP) is 1.58. The first kappa shape index (κ1) is 10.7. The van der Waals surface area contributed by atoms with E-state index in [9.17, 15) is 9.59 Å². The van der Waals surface area contributed by atoms with Crippen LogP contribution in [0.15, 0.2) is 24.3 Å². The number of nitrogens with zero attached hydrogens (tertiary/aromatic N) is 1. The van der Waals surface area contributed by atoms with Crippen LogP contribution < -0.4 is 4.90 Å². The Morgan fingerprint density at radius 1 is 1.44 bits per heavy atom. The summed E-state index contributed by atoms with van der Waals surface area (Å²) in [6, 6.07) is 6.63. The molecule has 1 amide bonds. The Kier molecular flexibility index (Phi) is 2.64. The molecule has 1 fully saturated rings. The molecule has 0 aromatic heterocycles. The van der Waals surface area contributed by atoms with Crippen molar-refractivity contribution >= 4 is 17.6 Å². The van der Waals surface area contributed by atoms with Crippen molar-refractivity contribution in [3.05, 3.63) is 29.8 Å². The highest BCUT2D eigenvalue weighted by Gasteiger charge is 2.37. The molecule has 0 bridgehead atoms. The summed E-state index contributed by atoms with van der Waals surface area (Å²) in [6.07, 6.45) is 0.702. The van der Waals surface area contributed by atoms with Gasteiger partial charge in [-0.25, -0.2) is 4.79 Å². The molecule has 0 spiro atoms. The Labute approximate surface area is 93.5 Å². The van der Waals surface area contributed by atoms with Gasteiger partial charge in [-0.2, -0.15) is 0 Å². The van der Waals surface area contributed by atoms with Gasteiger partial charge in [0.15, 0.2) is 0 Å². The number of anilines is 1. The summed E-state index contributed by atoms with van der Waals surface area (Å²) < 4.78 is 0. The van der Waals surface area contributed by atoms with E-state index in [4.69, 9.17) is 5.11 Å². The molecule has 1 N–H and O–H groups in total. The second-order valence-corrected chi connectivity index (χ2v) is 3.94. The number of carbonyl (C=O) groups excluding carboxylic acids is 1. The van der Waals surface area contributed by atoms with Crippen molar-refractivity contribution in [3.8, 4) is 0 Å². The number of aryl methyl sites for hydroxylation is 1. The summed E-state index contributed by atoms with van der Waals surface area (Å²) in [6.45, 7) is 1.87. The summed E-state index contributed by atoms with van der Waals surface area (Å²) in [5.41, 5.74) is 1.63. The fourth-order valence-corrected chi connectivity index (χ4v) is 2.05. The Hall–Kier alpha value is -1.84. The van der Waals surface area contributed by atoms with Gasteiger partial charge in [0.05, 0.1) is 0 Å². The lowest BCUT2D eigenvalue weighted by molar-refractivity contribution is -0.138. The number of amides is 1. The number of para-hydroxylation sites is 1. The Morgan fingerprint density at radius 2 is 2.12 bits per heavy atom. The third-order valence-corrected chi connectivity index (χ3v) is 2.87. The van der Waals surface area contributed by atoms with Crippen molar-refractivity contribution in [2.24, 2.45) is 0 Å². The molecule has 1 heterocycles. The van der Waals surface area contributed by atoms with E-state index in [1.54, 1.807) is 6.07 Å². The minimum Gasteiger partial charge on any atom is -0.480 e. The van der Waals surface area contributed by atoms with E-state index in [1.807, 2.05) is 25.1 Å². The predicted molar refractivity (Wildman–Crippen MR) is 59.3 cm³/mol. The van der Waals surface area contributed by atoms with Gasteiger partial charge in [-0.1, -0.05) is 18.2 Å². The smallest absolute Gasteiger partial charge is 0.326 e. The Balaban J connectivity index is 2.41. The summed E-state index contributed by atoms with van der Waals surface area (Å²) in [5, 5.41) is 9.06. The van der Waals surface area contributed by atoms with E-state index < -0.39 is 12.0 Å². The van der Waals surface area contributed by atoms with Gasteiger partial charge in [0, 0.05) is 12.1 Å². The number of carboxylic acids is 1. The van der Waals surface area contributed by atoms with Crippen LogP contribution in [0.5, 0.6) is 0 Å². The molecule has 1 aromatic rings. The van der Waals surface area contributed by atoms with E-state index in [0.717, 1.165) is 5.56 Å². The maximum absolute atomic E-state index is 11.7. The number of rotatable bonds is 2. The van der Waals surface area contributed by atoms with E-state index in [-0.39, 0.29) is 5.91 Å². The van der Waals surface area contributed by atoms with Gasteiger partial charge in [-0.15, -0.1) is 0 Å². The van der Waals surface area contributed by atoms with Crippen LogP contribution in [0.3, 0.4) is 0 Å². The van der Waals surface area contributed by atoms with Gasteiger partial charge in [-0.3, -0.25) is 9.69 Å². The highest BCUT2D eigenvalue weighted by atomic mass is 16.4. The number of benzene rings is 1. The molecule has 16 heavy (non-hydrogen) atoms. The first-order valence-corrected chi connectivity index (χ1v) is 5.22. The summed E-state index contributed by atoms with van der Waals surface area (Å²) >= 11 is 0. The Morgan fingerprint density at radius 3 is 2.75 bits per heavy atom. The zero-order chi connectivity index (χ0) is 11.7. The molecular weight excluding hydrogens is 206 g/mol. The second-order valence-electron chi connectivity index (χ2n) is 3.94. The van der Waals surface area contributed by atoms with Crippen LogP contribution in [0.1, 0.15) is 18.4 Å². The zero-order valence-electron chi connectivity index (χ0n) is 9.01. The highest BCUT2D eigenvalue weighted by Crippen LogP contribution is 2.29. The maximum atomic E-state index is 11.7. The van der Waals surface area contributed by atoms with Crippen LogP contribution in [0, 0.1) is 6.92 Å². The van der Waals surface area contributed by atoms with Crippen molar-refractivity contribution in [2.75, 3.05) is 4.90 Å². The zero-order valence-corrected chi connectivity index (χ0v) is 9.01. The fourth-order valence-electron chi connectivity index (χ4n) is 2.05. The normalized spacial score (nSPS) is 20.2. The third kappa shape index (κ3) is 1.66. The SMILES string of the molecule is Cc1ccccc1N1C(=O)CCC1C(=O)O. The molecule has 1 unspecified atom stereocenters. The quantitative estimate of drug-likeness (QED) is 0.821. The molecule has 1 aliphatic rings. The van der Waals surface area contributed by atoms with Crippen LogP contribution in [0.25, 0.3) is 0 Å².